The van der Waals surface area contributed by atoms with Crippen LogP contribution < -0.4 is 0 Å². The average Bonchev–Trinajstić information content (AvgIpc) is 3.01. The third-order valence-electron chi connectivity index (χ3n) is 8.46. The van der Waals surface area contributed by atoms with Crippen molar-refractivity contribution in [2.24, 2.45) is 0 Å². The summed E-state index contributed by atoms with van der Waals surface area (Å²) in [6.45, 7) is 4.43. The minimum absolute atomic E-state index is 0.899. The van der Waals surface area contributed by atoms with E-state index >= 15 is 0 Å². The Labute approximate surface area is 232 Å². The lowest BCUT2D eigenvalue weighted by atomic mass is 9.90. The van der Waals surface area contributed by atoms with Crippen LogP contribution in [0.4, 0.5) is 0 Å². The van der Waals surface area contributed by atoms with E-state index in [1.165, 1.54) is 65.3 Å². The number of pyridine rings is 2. The highest BCUT2D eigenvalue weighted by Crippen LogP contribution is 2.40. The van der Waals surface area contributed by atoms with Gasteiger partial charge in [-0.05, 0) is 92.3 Å². The van der Waals surface area contributed by atoms with Crippen LogP contribution in [0.3, 0.4) is 0 Å². The van der Waals surface area contributed by atoms with E-state index in [9.17, 15) is 0 Å². The molecule has 8 rings (SSSR count). The Balaban J connectivity index is 1.37. The number of hydrogen-bond donors (Lipinski definition) is 0. The first-order valence-electron chi connectivity index (χ1n) is 13.8. The predicted molar refractivity (Wildman–Crippen MR) is 170 cm³/mol. The molecule has 0 atom stereocenters. The lowest BCUT2D eigenvalue weighted by Crippen LogP contribution is -1.94. The standard InChI is InChI=1S/C38H26N2/c1-23-25-11-3-7-15-29(25)37(30-16-8-4-12-26(23)30)35-21-19-34-33(39-35)20-22-36(40-34)38-31-17-9-5-13-27(31)24(2)28-14-6-10-18-32(28)38/h3-22H,1-2H3. The second-order valence-corrected chi connectivity index (χ2v) is 10.6. The molecule has 40 heavy (non-hydrogen) atoms. The van der Waals surface area contributed by atoms with Crippen molar-refractivity contribution in [3.8, 4) is 22.5 Å². The quantitative estimate of drug-likeness (QED) is 0.216. The van der Waals surface area contributed by atoms with Gasteiger partial charge < -0.3 is 0 Å². The van der Waals surface area contributed by atoms with E-state index in [2.05, 4.69) is 135 Å². The molecule has 0 aliphatic heterocycles. The number of aryl methyl sites for hydroxylation is 2. The van der Waals surface area contributed by atoms with Crippen molar-refractivity contribution >= 4 is 54.1 Å². The molecular formula is C38H26N2. The van der Waals surface area contributed by atoms with Crippen molar-refractivity contribution in [2.45, 2.75) is 13.8 Å². The molecule has 0 spiro atoms. The highest BCUT2D eigenvalue weighted by Gasteiger charge is 2.17. The minimum Gasteiger partial charge on any atom is -0.246 e. The van der Waals surface area contributed by atoms with Crippen molar-refractivity contribution in [3.63, 3.8) is 0 Å². The second-order valence-electron chi connectivity index (χ2n) is 10.6. The molecule has 0 unspecified atom stereocenters. The smallest absolute Gasteiger partial charge is 0.0894 e. The second kappa shape index (κ2) is 8.72. The van der Waals surface area contributed by atoms with E-state index in [0.717, 1.165) is 22.4 Å². The van der Waals surface area contributed by atoms with E-state index < -0.39 is 0 Å². The van der Waals surface area contributed by atoms with Gasteiger partial charge in [0, 0.05) is 11.1 Å². The largest absolute Gasteiger partial charge is 0.246 e. The zero-order valence-corrected chi connectivity index (χ0v) is 22.4. The van der Waals surface area contributed by atoms with Crippen LogP contribution in [-0.2, 0) is 0 Å². The Morgan fingerprint density at radius 3 is 0.900 bits per heavy atom. The maximum Gasteiger partial charge on any atom is 0.0894 e. The molecule has 0 bridgehead atoms. The zero-order valence-electron chi connectivity index (χ0n) is 22.4. The van der Waals surface area contributed by atoms with Crippen molar-refractivity contribution in [1.82, 2.24) is 9.97 Å². The Hall–Kier alpha value is -5.08. The molecule has 0 aliphatic carbocycles. The predicted octanol–water partition coefficient (Wildman–Crippen LogP) is 10.2. The number of benzene rings is 6. The zero-order chi connectivity index (χ0) is 26.8. The first-order valence-corrected chi connectivity index (χ1v) is 13.8. The van der Waals surface area contributed by atoms with E-state index in [4.69, 9.17) is 9.97 Å². The van der Waals surface area contributed by atoms with Crippen LogP contribution in [0.2, 0.25) is 0 Å². The van der Waals surface area contributed by atoms with E-state index in [0.29, 0.717) is 0 Å². The Bertz CT molecular complexity index is 2020. The summed E-state index contributed by atoms with van der Waals surface area (Å²) in [6.07, 6.45) is 0. The molecular weight excluding hydrogens is 484 g/mol. The molecule has 0 aliphatic rings. The summed E-state index contributed by atoms with van der Waals surface area (Å²) in [4.78, 5) is 10.4. The molecule has 0 radical (unpaired) electrons. The Morgan fingerprint density at radius 1 is 0.325 bits per heavy atom. The van der Waals surface area contributed by atoms with Gasteiger partial charge in [-0.1, -0.05) is 97.1 Å². The van der Waals surface area contributed by atoms with E-state index in [1.54, 1.807) is 0 Å². The number of aromatic nitrogens is 2. The molecule has 0 fully saturated rings. The molecule has 0 saturated carbocycles. The van der Waals surface area contributed by atoms with Gasteiger partial charge in [-0.15, -0.1) is 0 Å². The van der Waals surface area contributed by atoms with Crippen molar-refractivity contribution in [2.75, 3.05) is 0 Å². The Morgan fingerprint density at radius 2 is 0.600 bits per heavy atom. The topological polar surface area (TPSA) is 25.8 Å². The third-order valence-corrected chi connectivity index (χ3v) is 8.46. The van der Waals surface area contributed by atoms with Gasteiger partial charge in [0.15, 0.2) is 0 Å². The first kappa shape index (κ1) is 22.9. The summed E-state index contributed by atoms with van der Waals surface area (Å²) in [6, 6.07) is 43.2. The van der Waals surface area contributed by atoms with Crippen molar-refractivity contribution < 1.29 is 0 Å². The third kappa shape index (κ3) is 3.29. The van der Waals surface area contributed by atoms with Crippen LogP contribution in [0.1, 0.15) is 11.1 Å². The monoisotopic (exact) mass is 510 g/mol. The molecule has 8 aromatic rings. The SMILES string of the molecule is Cc1c2ccccc2c(-c2ccc3nc(-c4c5ccccc5c(C)c5ccccc45)ccc3n2)c2ccccc12. The van der Waals surface area contributed by atoms with E-state index in [-0.39, 0.29) is 0 Å². The number of nitrogens with zero attached hydrogens (tertiary/aromatic N) is 2. The molecule has 0 N–H and O–H groups in total. The van der Waals surface area contributed by atoms with Gasteiger partial charge in [0.05, 0.1) is 22.4 Å². The summed E-state index contributed by atoms with van der Waals surface area (Å²) < 4.78 is 0. The fourth-order valence-electron chi connectivity index (χ4n) is 6.53. The maximum atomic E-state index is 5.19. The molecule has 188 valence electrons. The lowest BCUT2D eigenvalue weighted by Gasteiger charge is -2.16. The number of fused-ring (bicyclic) bond motifs is 5. The van der Waals surface area contributed by atoms with Crippen LogP contribution >= 0.6 is 0 Å². The molecule has 0 saturated heterocycles. The normalized spacial score (nSPS) is 11.8. The van der Waals surface area contributed by atoms with E-state index in [1.807, 2.05) is 0 Å². The van der Waals surface area contributed by atoms with Gasteiger partial charge in [0.25, 0.3) is 0 Å². The van der Waals surface area contributed by atoms with Crippen LogP contribution in [-0.4, -0.2) is 9.97 Å². The van der Waals surface area contributed by atoms with Gasteiger partial charge in [-0.25, -0.2) is 9.97 Å². The molecule has 2 heteroatoms. The summed E-state index contributed by atoms with van der Waals surface area (Å²) in [5, 5.41) is 9.99. The number of rotatable bonds is 2. The molecule has 6 aromatic carbocycles. The minimum atomic E-state index is 0.899. The summed E-state index contributed by atoms with van der Waals surface area (Å²) in [5.74, 6) is 0. The first-order chi connectivity index (χ1) is 19.7. The van der Waals surface area contributed by atoms with Crippen LogP contribution in [0.15, 0.2) is 121 Å². The lowest BCUT2D eigenvalue weighted by molar-refractivity contribution is 1.34. The highest BCUT2D eigenvalue weighted by molar-refractivity contribution is 6.16. The summed E-state index contributed by atoms with van der Waals surface area (Å²) in [7, 11) is 0. The van der Waals surface area contributed by atoms with Gasteiger partial charge >= 0.3 is 0 Å². The number of hydrogen-bond acceptors (Lipinski definition) is 2. The molecule has 2 nitrogen and oxygen atoms in total. The van der Waals surface area contributed by atoms with Gasteiger partial charge in [0.2, 0.25) is 0 Å². The fourth-order valence-corrected chi connectivity index (χ4v) is 6.53. The molecule has 2 heterocycles. The average molecular weight is 511 g/mol. The molecule has 0 amide bonds. The Kier molecular flexibility index (Phi) is 4.99. The van der Waals surface area contributed by atoms with Crippen LogP contribution in [0.5, 0.6) is 0 Å². The van der Waals surface area contributed by atoms with Gasteiger partial charge in [-0.2, -0.15) is 0 Å². The van der Waals surface area contributed by atoms with Crippen LogP contribution in [0.25, 0.3) is 76.6 Å². The fraction of sp³-hybridized carbons (Fsp3) is 0.0526. The van der Waals surface area contributed by atoms with Crippen molar-refractivity contribution in [3.05, 3.63) is 132 Å². The molecule has 2 aromatic heterocycles. The van der Waals surface area contributed by atoms with Gasteiger partial charge in [-0.3, -0.25) is 0 Å². The van der Waals surface area contributed by atoms with Crippen molar-refractivity contribution in [1.29, 1.82) is 0 Å². The summed E-state index contributed by atoms with van der Waals surface area (Å²) >= 11 is 0. The maximum absolute atomic E-state index is 5.19. The van der Waals surface area contributed by atoms with Crippen LogP contribution in [0, 0.1) is 13.8 Å². The van der Waals surface area contributed by atoms with Gasteiger partial charge in [0.1, 0.15) is 0 Å². The summed E-state index contributed by atoms with van der Waals surface area (Å²) in [5.41, 5.74) is 8.71. The highest BCUT2D eigenvalue weighted by atomic mass is 14.8.